The van der Waals surface area contributed by atoms with Gasteiger partial charge in [-0.15, -0.1) is 6.58 Å². The van der Waals surface area contributed by atoms with Crippen molar-refractivity contribution in [3.63, 3.8) is 0 Å². The van der Waals surface area contributed by atoms with Crippen molar-refractivity contribution in [3.05, 3.63) is 49.6 Å². The maximum Gasteiger partial charge on any atom is 0.312 e. The Balaban J connectivity index is 1.75. The highest BCUT2D eigenvalue weighted by atomic mass is 79.9. The molecule has 0 saturated carbocycles. The minimum atomic E-state index is -1.23. The summed E-state index contributed by atoms with van der Waals surface area (Å²) in [6.45, 7) is 7.14. The van der Waals surface area contributed by atoms with Crippen LogP contribution in [0.25, 0.3) is 0 Å². The lowest BCUT2D eigenvalue weighted by atomic mass is 9.70. The number of β-amino-alcohol motifs (C(OH)–C–C–N with tert-alkyl or cyclic N) is 1. The summed E-state index contributed by atoms with van der Waals surface area (Å²) in [6, 6.07) is 5.94. The molecule has 3 heterocycles. The van der Waals surface area contributed by atoms with E-state index >= 15 is 0 Å². The van der Waals surface area contributed by atoms with Gasteiger partial charge in [-0.3, -0.25) is 14.4 Å². The summed E-state index contributed by atoms with van der Waals surface area (Å²) in [4.78, 5) is 43.4. The zero-order chi connectivity index (χ0) is 25.3. The average molecular weight is 549 g/mol. The lowest BCUT2D eigenvalue weighted by Crippen LogP contribution is -2.57. The highest BCUT2D eigenvalue weighted by Gasteiger charge is 2.77. The molecule has 1 aromatic carbocycles. The molecule has 35 heavy (non-hydrogen) atoms. The number of hydrogen-bond donors (Lipinski definition) is 1. The van der Waals surface area contributed by atoms with Crippen LogP contribution in [0.3, 0.4) is 0 Å². The van der Waals surface area contributed by atoms with E-state index in [1.54, 1.807) is 37.5 Å². The molecule has 1 N–H and O–H groups in total. The van der Waals surface area contributed by atoms with Gasteiger partial charge in [0.15, 0.2) is 0 Å². The summed E-state index contributed by atoms with van der Waals surface area (Å²) in [5, 5.41) is 9.73. The second-order valence-corrected chi connectivity index (χ2v) is 9.95. The van der Waals surface area contributed by atoms with Crippen LogP contribution < -0.4 is 9.64 Å². The number of fused-ring (bicyclic) bond motifs is 1. The second kappa shape index (κ2) is 10.1. The summed E-state index contributed by atoms with van der Waals surface area (Å²) in [6.07, 6.45) is 2.81. The number of methoxy groups -OCH3 is 1. The molecule has 0 radical (unpaired) electrons. The molecule has 3 unspecified atom stereocenters. The van der Waals surface area contributed by atoms with Crippen LogP contribution in [0.15, 0.2) is 49.6 Å². The average Bonchev–Trinajstić information content (AvgIpc) is 3.44. The molecule has 3 saturated heterocycles. The fraction of sp³-hybridized carbons (Fsp3) is 0.480. The molecule has 188 valence electrons. The van der Waals surface area contributed by atoms with E-state index in [1.165, 1.54) is 15.9 Å². The lowest BCUT2D eigenvalue weighted by molar-refractivity contribution is -0.153. The number of carbonyl (C=O) groups is 3. The molecule has 3 fully saturated rings. The number of amides is 2. The predicted octanol–water partition coefficient (Wildman–Crippen LogP) is 1.68. The van der Waals surface area contributed by atoms with Gasteiger partial charge in [-0.1, -0.05) is 34.7 Å². The summed E-state index contributed by atoms with van der Waals surface area (Å²) in [5.74, 6) is -2.45. The molecular weight excluding hydrogens is 520 g/mol. The van der Waals surface area contributed by atoms with E-state index < -0.39 is 41.5 Å². The molecule has 10 heteroatoms. The minimum absolute atomic E-state index is 0.0101. The van der Waals surface area contributed by atoms with E-state index in [2.05, 4.69) is 29.1 Å². The van der Waals surface area contributed by atoms with Crippen LogP contribution in [0.2, 0.25) is 0 Å². The number of anilines is 1. The number of rotatable bonds is 10. The Bertz CT molecular complexity index is 1020. The van der Waals surface area contributed by atoms with Crippen molar-refractivity contribution in [2.24, 2.45) is 11.8 Å². The molecule has 3 aliphatic rings. The van der Waals surface area contributed by atoms with Crippen molar-refractivity contribution in [1.29, 1.82) is 0 Å². The standard InChI is InChI=1S/C25H29BrN2O7/c1-4-10-27(15-6-8-16(33-3)9-7-15)23(31)21-25-14-17(26)20(35-25)18(24(32)34-13-5-2)19(25)22(30)28(21)11-12-29/h4-9,17-21,29H,1-2,10-14H2,3H3/t17?,18-,19-,20-,21?,25?/m0/s1. The third-order valence-corrected chi connectivity index (χ3v) is 7.79. The largest absolute Gasteiger partial charge is 0.497 e. The zero-order valence-electron chi connectivity index (χ0n) is 19.5. The Morgan fingerprint density at radius 1 is 1.31 bits per heavy atom. The number of benzene rings is 1. The van der Waals surface area contributed by atoms with Crippen LogP contribution in [0.1, 0.15) is 6.42 Å². The van der Waals surface area contributed by atoms with E-state index in [-0.39, 0.29) is 37.0 Å². The van der Waals surface area contributed by atoms with Crippen molar-refractivity contribution in [1.82, 2.24) is 4.90 Å². The smallest absolute Gasteiger partial charge is 0.312 e. The van der Waals surface area contributed by atoms with E-state index in [9.17, 15) is 19.5 Å². The Morgan fingerprint density at radius 3 is 2.63 bits per heavy atom. The lowest BCUT2D eigenvalue weighted by Gasteiger charge is -2.37. The highest BCUT2D eigenvalue weighted by molar-refractivity contribution is 9.09. The summed E-state index contributed by atoms with van der Waals surface area (Å²) in [7, 11) is 1.55. The maximum absolute atomic E-state index is 14.1. The number of carbonyl (C=O) groups excluding carboxylic acids is 3. The van der Waals surface area contributed by atoms with E-state index in [0.29, 0.717) is 17.9 Å². The minimum Gasteiger partial charge on any atom is -0.497 e. The SMILES string of the molecule is C=CCOC(=O)[C@H]1[C@H]2C(=O)N(CCO)C(C(=O)N(CC=C)c3ccc(OC)cc3)C23CC(Br)[C@@H]1O3. The van der Waals surface area contributed by atoms with Gasteiger partial charge >= 0.3 is 5.97 Å². The molecule has 1 spiro atoms. The number of ether oxygens (including phenoxy) is 3. The zero-order valence-corrected chi connectivity index (χ0v) is 21.1. The summed E-state index contributed by atoms with van der Waals surface area (Å²) >= 11 is 3.60. The van der Waals surface area contributed by atoms with E-state index in [1.807, 2.05) is 0 Å². The normalized spacial score (nSPS) is 30.7. The van der Waals surface area contributed by atoms with Gasteiger partial charge in [-0.25, -0.2) is 0 Å². The van der Waals surface area contributed by atoms with Crippen LogP contribution >= 0.6 is 15.9 Å². The van der Waals surface area contributed by atoms with Gasteiger partial charge in [0.05, 0.1) is 31.7 Å². The van der Waals surface area contributed by atoms with Gasteiger partial charge in [-0.05, 0) is 30.7 Å². The topological polar surface area (TPSA) is 106 Å². The summed E-state index contributed by atoms with van der Waals surface area (Å²) < 4.78 is 16.9. The Hall–Kier alpha value is -2.69. The number of nitrogens with zero attached hydrogens (tertiary/aromatic N) is 2. The molecular formula is C25H29BrN2O7. The second-order valence-electron chi connectivity index (χ2n) is 8.77. The van der Waals surface area contributed by atoms with Crippen LogP contribution in [0.4, 0.5) is 5.69 Å². The number of halogens is 1. The number of alkyl halides is 1. The molecule has 4 rings (SSSR count). The predicted molar refractivity (Wildman–Crippen MR) is 131 cm³/mol. The first kappa shape index (κ1) is 25.4. The van der Waals surface area contributed by atoms with Gasteiger partial charge in [0.2, 0.25) is 5.91 Å². The third kappa shape index (κ3) is 4.07. The van der Waals surface area contributed by atoms with Gasteiger partial charge in [0, 0.05) is 23.6 Å². The first-order valence-corrected chi connectivity index (χ1v) is 12.3. The van der Waals surface area contributed by atoms with Crippen molar-refractivity contribution >= 4 is 39.4 Å². The fourth-order valence-corrected chi connectivity index (χ4v) is 6.57. The first-order valence-electron chi connectivity index (χ1n) is 11.4. The van der Waals surface area contributed by atoms with Crippen molar-refractivity contribution < 1.29 is 33.7 Å². The number of likely N-dealkylation sites (tertiary alicyclic amines) is 1. The Labute approximate surface area is 212 Å². The van der Waals surface area contributed by atoms with E-state index in [4.69, 9.17) is 14.2 Å². The molecule has 6 atom stereocenters. The monoisotopic (exact) mass is 548 g/mol. The molecule has 9 nitrogen and oxygen atoms in total. The molecule has 0 aliphatic carbocycles. The Morgan fingerprint density at radius 2 is 2.03 bits per heavy atom. The number of aliphatic hydroxyl groups excluding tert-OH is 1. The highest BCUT2D eigenvalue weighted by Crippen LogP contribution is 2.60. The van der Waals surface area contributed by atoms with Crippen LogP contribution in [-0.2, 0) is 23.9 Å². The van der Waals surface area contributed by atoms with Gasteiger partial charge in [0.25, 0.3) is 5.91 Å². The summed E-state index contributed by atoms with van der Waals surface area (Å²) in [5.41, 5.74) is -0.636. The quantitative estimate of drug-likeness (QED) is 0.269. The van der Waals surface area contributed by atoms with Gasteiger partial charge < -0.3 is 29.1 Å². The maximum atomic E-state index is 14.1. The number of aliphatic hydroxyl groups is 1. The van der Waals surface area contributed by atoms with Crippen molar-refractivity contribution in [2.45, 2.75) is 29.0 Å². The Kier molecular flexibility index (Phi) is 7.35. The molecule has 2 bridgehead atoms. The molecule has 1 aromatic rings. The van der Waals surface area contributed by atoms with E-state index in [0.717, 1.165) is 0 Å². The number of hydrogen-bond acceptors (Lipinski definition) is 7. The number of esters is 1. The van der Waals surface area contributed by atoms with Crippen molar-refractivity contribution in [3.8, 4) is 5.75 Å². The van der Waals surface area contributed by atoms with Gasteiger partial charge in [0.1, 0.15) is 24.0 Å². The molecule has 0 aromatic heterocycles. The molecule has 3 aliphatic heterocycles. The molecule has 2 amide bonds. The third-order valence-electron chi connectivity index (χ3n) is 6.94. The van der Waals surface area contributed by atoms with Crippen molar-refractivity contribution in [2.75, 3.05) is 38.3 Å². The van der Waals surface area contributed by atoms with Crippen LogP contribution in [0.5, 0.6) is 5.75 Å². The van der Waals surface area contributed by atoms with Gasteiger partial charge in [-0.2, -0.15) is 0 Å². The first-order chi connectivity index (χ1) is 16.8. The fourth-order valence-electron chi connectivity index (χ4n) is 5.63. The van der Waals surface area contributed by atoms with Crippen LogP contribution in [0, 0.1) is 11.8 Å². The van der Waals surface area contributed by atoms with Crippen LogP contribution in [-0.4, -0.2) is 83.8 Å².